The smallest absolute Gasteiger partial charge is 0.229 e. The SMILES string of the molecule is COc1ccc(Nc2cc(C)nc(Nc3ccc(F)cc3)n2)cc1Cl. The summed E-state index contributed by atoms with van der Waals surface area (Å²) in [4.78, 5) is 8.75. The highest BCUT2D eigenvalue weighted by molar-refractivity contribution is 6.32. The molecule has 0 bridgehead atoms. The Labute approximate surface area is 149 Å². The molecule has 0 aliphatic heterocycles. The summed E-state index contributed by atoms with van der Waals surface area (Å²) in [6.45, 7) is 1.86. The van der Waals surface area contributed by atoms with Gasteiger partial charge in [-0.25, -0.2) is 9.37 Å². The maximum absolute atomic E-state index is 13.0. The zero-order valence-corrected chi connectivity index (χ0v) is 14.4. The predicted molar refractivity (Wildman–Crippen MR) is 97.7 cm³/mol. The molecule has 0 amide bonds. The van der Waals surface area contributed by atoms with E-state index in [1.165, 1.54) is 12.1 Å². The summed E-state index contributed by atoms with van der Waals surface area (Å²) in [5.41, 5.74) is 2.25. The van der Waals surface area contributed by atoms with Gasteiger partial charge in [0, 0.05) is 23.1 Å². The minimum atomic E-state index is -0.297. The molecule has 0 spiro atoms. The molecule has 2 aromatic carbocycles. The van der Waals surface area contributed by atoms with Crippen LogP contribution in [-0.2, 0) is 0 Å². The first-order chi connectivity index (χ1) is 12.0. The second-order valence-corrected chi connectivity index (χ2v) is 5.73. The van der Waals surface area contributed by atoms with Crippen LogP contribution >= 0.6 is 11.6 Å². The predicted octanol–water partition coefficient (Wildman–Crippen LogP) is 5.07. The third-order valence-electron chi connectivity index (χ3n) is 3.38. The molecule has 1 aromatic heterocycles. The Hall–Kier alpha value is -2.86. The lowest BCUT2D eigenvalue weighted by Gasteiger charge is -2.11. The fourth-order valence-electron chi connectivity index (χ4n) is 2.24. The number of nitrogens with zero attached hydrogens (tertiary/aromatic N) is 2. The molecule has 5 nitrogen and oxygen atoms in total. The highest BCUT2D eigenvalue weighted by atomic mass is 35.5. The average molecular weight is 359 g/mol. The van der Waals surface area contributed by atoms with Crippen molar-refractivity contribution in [1.29, 1.82) is 0 Å². The fourth-order valence-corrected chi connectivity index (χ4v) is 2.50. The van der Waals surface area contributed by atoms with Crippen LogP contribution in [0.2, 0.25) is 5.02 Å². The summed E-state index contributed by atoms with van der Waals surface area (Å²) in [7, 11) is 1.56. The van der Waals surface area contributed by atoms with E-state index in [9.17, 15) is 4.39 Å². The monoisotopic (exact) mass is 358 g/mol. The second-order valence-electron chi connectivity index (χ2n) is 5.32. The second kappa shape index (κ2) is 7.36. The van der Waals surface area contributed by atoms with Gasteiger partial charge in [-0.05, 0) is 49.4 Å². The first kappa shape index (κ1) is 17.0. The third kappa shape index (κ3) is 4.36. The van der Waals surface area contributed by atoms with Crippen LogP contribution in [-0.4, -0.2) is 17.1 Å². The van der Waals surface area contributed by atoms with Gasteiger partial charge in [0.2, 0.25) is 5.95 Å². The number of benzene rings is 2. The number of hydrogen-bond donors (Lipinski definition) is 2. The molecule has 7 heteroatoms. The highest BCUT2D eigenvalue weighted by Gasteiger charge is 2.06. The van der Waals surface area contributed by atoms with E-state index in [4.69, 9.17) is 16.3 Å². The van der Waals surface area contributed by atoms with Crippen LogP contribution < -0.4 is 15.4 Å². The lowest BCUT2D eigenvalue weighted by atomic mass is 10.3. The van der Waals surface area contributed by atoms with E-state index in [1.807, 2.05) is 19.1 Å². The molecule has 0 aliphatic carbocycles. The van der Waals surface area contributed by atoms with Crippen molar-refractivity contribution in [1.82, 2.24) is 9.97 Å². The fraction of sp³-hybridized carbons (Fsp3) is 0.111. The van der Waals surface area contributed by atoms with Gasteiger partial charge in [0.1, 0.15) is 17.4 Å². The van der Waals surface area contributed by atoms with Gasteiger partial charge in [-0.15, -0.1) is 0 Å². The van der Waals surface area contributed by atoms with Crippen LogP contribution in [0.5, 0.6) is 5.75 Å². The number of anilines is 4. The Morgan fingerprint density at radius 1 is 0.960 bits per heavy atom. The van der Waals surface area contributed by atoms with E-state index in [0.717, 1.165) is 11.4 Å². The van der Waals surface area contributed by atoms with Crippen LogP contribution in [0.15, 0.2) is 48.5 Å². The molecular formula is C18H16ClFN4O. The molecule has 0 saturated heterocycles. The summed E-state index contributed by atoms with van der Waals surface area (Å²) < 4.78 is 18.1. The van der Waals surface area contributed by atoms with Gasteiger partial charge in [-0.1, -0.05) is 11.6 Å². The van der Waals surface area contributed by atoms with Crippen molar-refractivity contribution in [2.75, 3.05) is 17.7 Å². The number of nitrogens with one attached hydrogen (secondary N) is 2. The molecule has 25 heavy (non-hydrogen) atoms. The lowest BCUT2D eigenvalue weighted by Crippen LogP contribution is -2.02. The first-order valence-corrected chi connectivity index (χ1v) is 7.90. The summed E-state index contributed by atoms with van der Waals surface area (Å²) in [6, 6.07) is 13.2. The van der Waals surface area contributed by atoms with E-state index in [1.54, 1.807) is 31.4 Å². The van der Waals surface area contributed by atoms with E-state index < -0.39 is 0 Å². The average Bonchev–Trinajstić information content (AvgIpc) is 2.57. The molecule has 0 saturated carbocycles. The summed E-state index contributed by atoms with van der Waals surface area (Å²) in [5.74, 6) is 1.33. The Morgan fingerprint density at radius 2 is 1.68 bits per heavy atom. The van der Waals surface area contributed by atoms with Crippen LogP contribution in [0, 0.1) is 12.7 Å². The van der Waals surface area contributed by atoms with Crippen molar-refractivity contribution in [2.45, 2.75) is 6.92 Å². The zero-order chi connectivity index (χ0) is 17.8. The van der Waals surface area contributed by atoms with Gasteiger partial charge in [0.05, 0.1) is 12.1 Å². The maximum Gasteiger partial charge on any atom is 0.229 e. The van der Waals surface area contributed by atoms with E-state index >= 15 is 0 Å². The summed E-state index contributed by atoms with van der Waals surface area (Å²) in [6.07, 6.45) is 0. The van der Waals surface area contributed by atoms with E-state index in [-0.39, 0.29) is 5.82 Å². The molecular weight excluding hydrogens is 343 g/mol. The topological polar surface area (TPSA) is 59.1 Å². The molecule has 0 fully saturated rings. The third-order valence-corrected chi connectivity index (χ3v) is 3.67. The van der Waals surface area contributed by atoms with Crippen molar-refractivity contribution < 1.29 is 9.13 Å². The molecule has 3 aromatic rings. The van der Waals surface area contributed by atoms with Gasteiger partial charge in [-0.2, -0.15) is 4.98 Å². The molecule has 2 N–H and O–H groups in total. The Kier molecular flexibility index (Phi) is 5.00. The minimum absolute atomic E-state index is 0.297. The standard InChI is InChI=1S/C18H16ClFN4O/c1-11-9-17(22-14-7-8-16(25-2)15(19)10-14)24-18(21-11)23-13-5-3-12(20)4-6-13/h3-10H,1-2H3,(H2,21,22,23,24). The molecule has 0 unspecified atom stereocenters. The zero-order valence-electron chi connectivity index (χ0n) is 13.7. The Bertz CT molecular complexity index is 887. The number of hydrogen-bond acceptors (Lipinski definition) is 5. The van der Waals surface area contributed by atoms with E-state index in [0.29, 0.717) is 28.2 Å². The van der Waals surface area contributed by atoms with Crippen LogP contribution in [0.1, 0.15) is 5.69 Å². The Morgan fingerprint density at radius 3 is 2.36 bits per heavy atom. The van der Waals surface area contributed by atoms with Crippen molar-refractivity contribution in [3.8, 4) is 5.75 Å². The van der Waals surface area contributed by atoms with E-state index in [2.05, 4.69) is 20.6 Å². The van der Waals surface area contributed by atoms with Crippen molar-refractivity contribution in [2.24, 2.45) is 0 Å². The Balaban J connectivity index is 1.81. The van der Waals surface area contributed by atoms with Crippen LogP contribution in [0.3, 0.4) is 0 Å². The molecule has 0 radical (unpaired) electrons. The molecule has 0 aliphatic rings. The van der Waals surface area contributed by atoms with Gasteiger partial charge in [0.25, 0.3) is 0 Å². The quantitative estimate of drug-likeness (QED) is 0.666. The van der Waals surface area contributed by atoms with Gasteiger partial charge in [0.15, 0.2) is 0 Å². The molecule has 0 atom stereocenters. The first-order valence-electron chi connectivity index (χ1n) is 7.52. The summed E-state index contributed by atoms with van der Waals surface area (Å²) >= 11 is 6.14. The van der Waals surface area contributed by atoms with Gasteiger partial charge in [-0.3, -0.25) is 0 Å². The lowest BCUT2D eigenvalue weighted by molar-refractivity contribution is 0.415. The number of methoxy groups -OCH3 is 1. The maximum atomic E-state index is 13.0. The normalized spacial score (nSPS) is 10.4. The minimum Gasteiger partial charge on any atom is -0.495 e. The van der Waals surface area contributed by atoms with Crippen LogP contribution in [0.4, 0.5) is 27.5 Å². The highest BCUT2D eigenvalue weighted by Crippen LogP contribution is 2.28. The molecule has 128 valence electrons. The number of rotatable bonds is 5. The van der Waals surface area contributed by atoms with Gasteiger partial charge >= 0.3 is 0 Å². The molecule has 1 heterocycles. The summed E-state index contributed by atoms with van der Waals surface area (Å²) in [5, 5.41) is 6.74. The number of halogens is 2. The van der Waals surface area contributed by atoms with Crippen molar-refractivity contribution in [3.05, 3.63) is 65.1 Å². The number of aromatic nitrogens is 2. The van der Waals surface area contributed by atoms with Crippen molar-refractivity contribution >= 4 is 34.7 Å². The largest absolute Gasteiger partial charge is 0.495 e. The number of ether oxygens (including phenoxy) is 1. The van der Waals surface area contributed by atoms with Gasteiger partial charge < -0.3 is 15.4 Å². The van der Waals surface area contributed by atoms with Crippen LogP contribution in [0.25, 0.3) is 0 Å². The van der Waals surface area contributed by atoms with Crippen molar-refractivity contribution in [3.63, 3.8) is 0 Å². The molecule has 3 rings (SSSR count). The number of aryl methyl sites for hydroxylation is 1.